The molecule has 2 aromatic carbocycles. The fourth-order valence-electron chi connectivity index (χ4n) is 3.36. The highest BCUT2D eigenvalue weighted by Gasteiger charge is 2.35. The van der Waals surface area contributed by atoms with Gasteiger partial charge in [-0.25, -0.2) is 12.8 Å². The maximum Gasteiger partial charge on any atom is 0.220 e. The average molecular weight is 390 g/mol. The average Bonchev–Trinajstić information content (AvgIpc) is 3.29. The lowest BCUT2D eigenvalue weighted by molar-refractivity contribution is 0.232. The molecule has 2 heterocycles. The summed E-state index contributed by atoms with van der Waals surface area (Å²) in [4.78, 5) is 0. The largest absolute Gasteiger partial charge is 0.492 e. The minimum absolute atomic E-state index is 0.211. The van der Waals surface area contributed by atoms with E-state index in [0.29, 0.717) is 29.0 Å². The van der Waals surface area contributed by atoms with Crippen molar-refractivity contribution in [2.24, 2.45) is 0 Å². The first kappa shape index (κ1) is 17.9. The van der Waals surface area contributed by atoms with E-state index >= 15 is 0 Å². The van der Waals surface area contributed by atoms with Crippen molar-refractivity contribution < 1.29 is 22.1 Å². The van der Waals surface area contributed by atoms with Crippen LogP contribution < -0.4 is 4.74 Å². The Hall–Kier alpha value is -2.45. The summed E-state index contributed by atoms with van der Waals surface area (Å²) >= 11 is 0. The molecular formula is C19H19FN2O4S. The Balaban J connectivity index is 1.47. The number of hydrogen-bond donors (Lipinski definition) is 0. The first-order valence-electron chi connectivity index (χ1n) is 8.74. The van der Waals surface area contributed by atoms with E-state index in [1.165, 1.54) is 28.6 Å². The number of aromatic nitrogens is 1. The molecule has 8 heteroatoms. The van der Waals surface area contributed by atoms with Gasteiger partial charge in [-0.3, -0.25) is 0 Å². The maximum atomic E-state index is 13.0. The molecule has 0 N–H and O–H groups in total. The van der Waals surface area contributed by atoms with Gasteiger partial charge in [0.05, 0.1) is 6.04 Å². The first-order valence-corrected chi connectivity index (χ1v) is 10.3. The summed E-state index contributed by atoms with van der Waals surface area (Å²) in [5, 5.41) is 4.64. The highest BCUT2D eigenvalue weighted by atomic mass is 32.2. The molecule has 1 aliphatic rings. The normalized spacial score (nSPS) is 18.2. The lowest BCUT2D eigenvalue weighted by Crippen LogP contribution is -2.39. The van der Waals surface area contributed by atoms with Gasteiger partial charge in [0, 0.05) is 11.9 Å². The topological polar surface area (TPSA) is 72.6 Å². The summed E-state index contributed by atoms with van der Waals surface area (Å²) in [6, 6.07) is 12.6. The van der Waals surface area contributed by atoms with Crippen LogP contribution in [0.25, 0.3) is 11.0 Å². The van der Waals surface area contributed by atoms with E-state index in [-0.39, 0.29) is 24.2 Å². The van der Waals surface area contributed by atoms with Crippen molar-refractivity contribution in [3.8, 4) is 5.75 Å². The van der Waals surface area contributed by atoms with E-state index in [2.05, 4.69) is 5.16 Å². The molecule has 1 unspecified atom stereocenters. The van der Waals surface area contributed by atoms with Gasteiger partial charge in [-0.15, -0.1) is 0 Å². The van der Waals surface area contributed by atoms with Crippen molar-refractivity contribution in [3.63, 3.8) is 0 Å². The van der Waals surface area contributed by atoms with Crippen LogP contribution in [0, 0.1) is 5.82 Å². The predicted octanol–water partition coefficient (Wildman–Crippen LogP) is 3.34. The van der Waals surface area contributed by atoms with Gasteiger partial charge in [0.1, 0.15) is 29.6 Å². The van der Waals surface area contributed by atoms with Crippen LogP contribution in [-0.2, 0) is 15.8 Å². The van der Waals surface area contributed by atoms with E-state index in [0.717, 1.165) is 12.8 Å². The Labute approximate surface area is 156 Å². The van der Waals surface area contributed by atoms with Gasteiger partial charge in [0.25, 0.3) is 0 Å². The minimum Gasteiger partial charge on any atom is -0.492 e. The lowest BCUT2D eigenvalue weighted by atomic mass is 10.2. The van der Waals surface area contributed by atoms with Gasteiger partial charge in [-0.1, -0.05) is 17.3 Å². The number of fused-ring (bicyclic) bond motifs is 1. The van der Waals surface area contributed by atoms with Crippen molar-refractivity contribution in [1.82, 2.24) is 9.46 Å². The number of hydrogen-bond acceptors (Lipinski definition) is 5. The Morgan fingerprint density at radius 1 is 1.19 bits per heavy atom. The molecule has 1 saturated heterocycles. The summed E-state index contributed by atoms with van der Waals surface area (Å²) < 4.78 is 51.2. The number of halogens is 1. The number of para-hydroxylation sites is 1. The monoisotopic (exact) mass is 390 g/mol. The molecule has 142 valence electrons. The zero-order valence-electron chi connectivity index (χ0n) is 14.5. The molecule has 4 rings (SSSR count). The van der Waals surface area contributed by atoms with Crippen LogP contribution in [0.1, 0.15) is 18.5 Å². The molecule has 6 nitrogen and oxygen atoms in total. The summed E-state index contributed by atoms with van der Waals surface area (Å²) in [5.41, 5.74) is 0.982. The number of nitrogens with zero attached hydrogens (tertiary/aromatic N) is 2. The zero-order chi connectivity index (χ0) is 18.9. The molecular weight excluding hydrogens is 371 g/mol. The van der Waals surface area contributed by atoms with Gasteiger partial charge < -0.3 is 9.26 Å². The van der Waals surface area contributed by atoms with E-state index in [4.69, 9.17) is 9.26 Å². The van der Waals surface area contributed by atoms with Crippen LogP contribution in [-0.4, -0.2) is 37.1 Å². The molecule has 1 fully saturated rings. The second kappa shape index (κ2) is 7.28. The van der Waals surface area contributed by atoms with E-state index in [9.17, 15) is 12.8 Å². The fraction of sp³-hybridized carbons (Fsp3) is 0.316. The smallest absolute Gasteiger partial charge is 0.220 e. The third-order valence-corrected chi connectivity index (χ3v) is 6.54. The minimum atomic E-state index is -3.56. The molecule has 1 aromatic heterocycles. The Kier molecular flexibility index (Phi) is 4.84. The molecule has 1 aliphatic heterocycles. The van der Waals surface area contributed by atoms with Gasteiger partial charge in [0.2, 0.25) is 10.0 Å². The van der Waals surface area contributed by atoms with Gasteiger partial charge in [0.15, 0.2) is 5.58 Å². The second-order valence-electron chi connectivity index (χ2n) is 6.55. The lowest BCUT2D eigenvalue weighted by Gasteiger charge is -2.23. The Morgan fingerprint density at radius 2 is 1.96 bits per heavy atom. The Bertz CT molecular complexity index is 1030. The quantitative estimate of drug-likeness (QED) is 0.645. The van der Waals surface area contributed by atoms with E-state index < -0.39 is 10.0 Å². The van der Waals surface area contributed by atoms with Gasteiger partial charge >= 0.3 is 0 Å². The van der Waals surface area contributed by atoms with Gasteiger partial charge in [-0.05, 0) is 49.2 Å². The molecule has 27 heavy (non-hydrogen) atoms. The molecule has 0 aliphatic carbocycles. The molecule has 0 amide bonds. The third-order valence-electron chi connectivity index (χ3n) is 4.71. The van der Waals surface area contributed by atoms with Crippen molar-refractivity contribution in [1.29, 1.82) is 0 Å². The van der Waals surface area contributed by atoms with Crippen molar-refractivity contribution in [2.45, 2.75) is 24.6 Å². The molecule has 0 bridgehead atoms. The number of rotatable bonds is 6. The van der Waals surface area contributed by atoms with Crippen LogP contribution in [0.15, 0.2) is 53.1 Å². The SMILES string of the molecule is O=S(=O)(Cc1noc2ccccc12)N1CCCC1COc1ccc(F)cc1. The first-order chi connectivity index (χ1) is 13.0. The number of benzene rings is 2. The van der Waals surface area contributed by atoms with Crippen molar-refractivity contribution in [2.75, 3.05) is 13.2 Å². The number of sulfonamides is 1. The van der Waals surface area contributed by atoms with Crippen molar-refractivity contribution in [3.05, 3.63) is 60.0 Å². The van der Waals surface area contributed by atoms with E-state index in [1.54, 1.807) is 12.1 Å². The second-order valence-corrected chi connectivity index (χ2v) is 8.47. The van der Waals surface area contributed by atoms with Crippen LogP contribution in [0.4, 0.5) is 4.39 Å². The van der Waals surface area contributed by atoms with Gasteiger partial charge in [-0.2, -0.15) is 4.31 Å². The maximum absolute atomic E-state index is 13.0. The summed E-state index contributed by atoms with van der Waals surface area (Å²) in [5.74, 6) is -0.0349. The molecule has 0 spiro atoms. The summed E-state index contributed by atoms with van der Waals surface area (Å²) in [6.07, 6.45) is 1.50. The number of ether oxygens (including phenoxy) is 1. The molecule has 3 aromatic rings. The summed E-state index contributed by atoms with van der Waals surface area (Å²) in [7, 11) is -3.56. The van der Waals surface area contributed by atoms with Crippen molar-refractivity contribution >= 4 is 21.0 Å². The fourth-order valence-corrected chi connectivity index (χ4v) is 5.11. The molecule has 0 radical (unpaired) electrons. The highest BCUT2D eigenvalue weighted by Crippen LogP contribution is 2.27. The highest BCUT2D eigenvalue weighted by molar-refractivity contribution is 7.88. The summed E-state index contributed by atoms with van der Waals surface area (Å²) in [6.45, 7) is 0.681. The van der Waals surface area contributed by atoms with Crippen LogP contribution in [0.2, 0.25) is 0 Å². The molecule has 1 atom stereocenters. The predicted molar refractivity (Wildman–Crippen MR) is 98.3 cm³/mol. The van der Waals surface area contributed by atoms with Crippen LogP contribution in [0.5, 0.6) is 5.75 Å². The standard InChI is InChI=1S/C19H19FN2O4S/c20-14-7-9-16(10-8-14)25-12-15-4-3-11-22(15)27(23,24)13-18-17-5-1-2-6-19(17)26-21-18/h1-2,5-10,15H,3-4,11-13H2. The van der Waals surface area contributed by atoms with Crippen LogP contribution in [0.3, 0.4) is 0 Å². The van der Waals surface area contributed by atoms with Crippen LogP contribution >= 0.6 is 0 Å². The zero-order valence-corrected chi connectivity index (χ0v) is 15.4. The molecule has 0 saturated carbocycles. The Morgan fingerprint density at radius 3 is 2.78 bits per heavy atom. The third kappa shape index (κ3) is 3.81. The van der Waals surface area contributed by atoms with E-state index in [1.807, 2.05) is 12.1 Å².